The minimum Gasteiger partial charge on any atom is -0.480 e. The van der Waals surface area contributed by atoms with E-state index in [2.05, 4.69) is 0 Å². The van der Waals surface area contributed by atoms with Gasteiger partial charge in [0, 0.05) is 5.75 Å². The Kier molecular flexibility index (Phi) is 4.81. The van der Waals surface area contributed by atoms with Crippen molar-refractivity contribution < 1.29 is 33.8 Å². The number of thioether (sulfide) groups is 1. The van der Waals surface area contributed by atoms with E-state index in [-0.39, 0.29) is 29.5 Å². The van der Waals surface area contributed by atoms with Crippen molar-refractivity contribution in [1.29, 1.82) is 0 Å². The zero-order valence-corrected chi connectivity index (χ0v) is 15.6. The summed E-state index contributed by atoms with van der Waals surface area (Å²) in [6, 6.07) is 1.47. The van der Waals surface area contributed by atoms with Crippen molar-refractivity contribution in [2.45, 2.75) is 37.8 Å². The molecule has 0 aromatic heterocycles. The van der Waals surface area contributed by atoms with E-state index < -0.39 is 34.0 Å². The normalized spacial score (nSPS) is 21.2. The number of carbonyl (C=O) groups excluding carboxylic acids is 1. The zero-order chi connectivity index (χ0) is 19.9. The van der Waals surface area contributed by atoms with Gasteiger partial charge in [-0.05, 0) is 26.8 Å². The summed E-state index contributed by atoms with van der Waals surface area (Å²) in [4.78, 5) is 36.3. The molecule has 1 aromatic carbocycles. The summed E-state index contributed by atoms with van der Waals surface area (Å²) < 4.78 is 15.8. The van der Waals surface area contributed by atoms with Crippen LogP contribution < -0.4 is 9.47 Å². The molecular weight excluding hydrogens is 380 g/mol. The number of carbonyl (C=O) groups is 2. The Morgan fingerprint density at radius 1 is 1.33 bits per heavy atom. The van der Waals surface area contributed by atoms with Crippen molar-refractivity contribution in [3.05, 3.63) is 27.8 Å². The molecule has 2 heterocycles. The summed E-state index contributed by atoms with van der Waals surface area (Å²) in [7, 11) is 0. The van der Waals surface area contributed by atoms with E-state index in [1.165, 1.54) is 12.1 Å². The Bertz CT molecular complexity index is 806. The SMILES string of the molecule is CC(C)(C)OC(=O)N1C(C(=O)O)CSC1c1cc2c(cc1[N+](=O)[O-])OCO2. The molecule has 0 radical (unpaired) electrons. The number of ether oxygens (including phenoxy) is 3. The number of fused-ring (bicyclic) bond motifs is 1. The van der Waals surface area contributed by atoms with Gasteiger partial charge in [0.25, 0.3) is 5.69 Å². The molecular formula is C16H18N2O8S. The molecule has 146 valence electrons. The van der Waals surface area contributed by atoms with Crippen LogP contribution in [0.1, 0.15) is 31.7 Å². The number of nitrogens with zero attached hydrogens (tertiary/aromatic N) is 2. The molecule has 1 N–H and O–H groups in total. The third-order valence-corrected chi connectivity index (χ3v) is 5.18. The first-order valence-corrected chi connectivity index (χ1v) is 9.07. The molecule has 3 rings (SSSR count). The smallest absolute Gasteiger partial charge is 0.412 e. The van der Waals surface area contributed by atoms with Crippen LogP contribution in [0.4, 0.5) is 10.5 Å². The average Bonchev–Trinajstić information content (AvgIpc) is 3.17. The second-order valence-corrected chi connectivity index (χ2v) is 8.06. The molecule has 11 heteroatoms. The van der Waals surface area contributed by atoms with E-state index in [4.69, 9.17) is 14.2 Å². The number of hydrogen-bond donors (Lipinski definition) is 1. The van der Waals surface area contributed by atoms with E-state index in [0.29, 0.717) is 5.75 Å². The number of nitro benzene ring substituents is 1. The lowest BCUT2D eigenvalue weighted by molar-refractivity contribution is -0.385. The Hall–Kier alpha value is -2.69. The van der Waals surface area contributed by atoms with Gasteiger partial charge in [0.2, 0.25) is 6.79 Å². The summed E-state index contributed by atoms with van der Waals surface area (Å²) in [5.41, 5.74) is -0.973. The molecule has 0 aliphatic carbocycles. The first-order valence-electron chi connectivity index (χ1n) is 8.02. The molecule has 1 aromatic rings. The van der Waals surface area contributed by atoms with Crippen molar-refractivity contribution in [3.8, 4) is 11.5 Å². The molecule has 2 unspecified atom stereocenters. The fourth-order valence-electron chi connectivity index (χ4n) is 2.78. The fourth-order valence-corrected chi connectivity index (χ4v) is 4.21. The van der Waals surface area contributed by atoms with Crippen molar-refractivity contribution in [3.63, 3.8) is 0 Å². The summed E-state index contributed by atoms with van der Waals surface area (Å²) in [5.74, 6) is -0.601. The molecule has 2 aliphatic heterocycles. The maximum Gasteiger partial charge on any atom is 0.412 e. The third-order valence-electron chi connectivity index (χ3n) is 3.87. The van der Waals surface area contributed by atoms with Crippen molar-refractivity contribution in [2.24, 2.45) is 0 Å². The van der Waals surface area contributed by atoms with Crippen molar-refractivity contribution in [2.75, 3.05) is 12.5 Å². The Morgan fingerprint density at radius 2 is 1.96 bits per heavy atom. The highest BCUT2D eigenvalue weighted by Gasteiger charge is 2.47. The third kappa shape index (κ3) is 3.72. The Balaban J connectivity index is 2.05. The molecule has 0 saturated carbocycles. The van der Waals surface area contributed by atoms with E-state index in [0.717, 1.165) is 16.7 Å². The number of benzene rings is 1. The molecule has 1 saturated heterocycles. The first kappa shape index (κ1) is 19.1. The Labute approximate surface area is 158 Å². The van der Waals surface area contributed by atoms with Gasteiger partial charge in [0.05, 0.1) is 16.6 Å². The number of carboxylic acids is 1. The van der Waals surface area contributed by atoms with Crippen LogP contribution in [0.25, 0.3) is 0 Å². The van der Waals surface area contributed by atoms with E-state index >= 15 is 0 Å². The van der Waals surface area contributed by atoms with Crippen LogP contribution in [0, 0.1) is 10.1 Å². The minimum absolute atomic E-state index is 0.0682. The second-order valence-electron chi connectivity index (χ2n) is 6.95. The highest BCUT2D eigenvalue weighted by atomic mass is 32.2. The lowest BCUT2D eigenvalue weighted by Crippen LogP contribution is -2.45. The van der Waals surface area contributed by atoms with Crippen LogP contribution in [-0.2, 0) is 9.53 Å². The summed E-state index contributed by atoms with van der Waals surface area (Å²) in [6.45, 7) is 4.90. The van der Waals surface area contributed by atoms with Crippen LogP contribution in [-0.4, -0.2) is 51.2 Å². The zero-order valence-electron chi connectivity index (χ0n) is 14.8. The number of rotatable bonds is 3. The maximum absolute atomic E-state index is 12.7. The first-order chi connectivity index (χ1) is 12.6. The van der Waals surface area contributed by atoms with Gasteiger partial charge in [-0.1, -0.05) is 0 Å². The summed E-state index contributed by atoms with van der Waals surface area (Å²) in [6.07, 6.45) is -0.850. The maximum atomic E-state index is 12.7. The molecule has 10 nitrogen and oxygen atoms in total. The van der Waals surface area contributed by atoms with Crippen LogP contribution in [0.3, 0.4) is 0 Å². The van der Waals surface area contributed by atoms with Crippen LogP contribution in [0.5, 0.6) is 11.5 Å². The molecule has 1 amide bonds. The quantitative estimate of drug-likeness (QED) is 0.603. The summed E-state index contributed by atoms with van der Waals surface area (Å²) in [5, 5.41) is 20.1. The Morgan fingerprint density at radius 3 is 2.52 bits per heavy atom. The van der Waals surface area contributed by atoms with Gasteiger partial charge >= 0.3 is 12.1 Å². The topological polar surface area (TPSA) is 128 Å². The van der Waals surface area contributed by atoms with Gasteiger partial charge in [-0.25, -0.2) is 9.59 Å². The van der Waals surface area contributed by atoms with Gasteiger partial charge in [-0.3, -0.25) is 15.0 Å². The van der Waals surface area contributed by atoms with E-state index in [1.807, 2.05) is 0 Å². The van der Waals surface area contributed by atoms with Crippen LogP contribution in [0.15, 0.2) is 12.1 Å². The van der Waals surface area contributed by atoms with Crippen LogP contribution >= 0.6 is 11.8 Å². The number of carboxylic acid groups (broad SMARTS) is 1. The molecule has 27 heavy (non-hydrogen) atoms. The molecule has 2 aliphatic rings. The number of nitro groups is 1. The fraction of sp³-hybridized carbons (Fsp3) is 0.500. The van der Waals surface area contributed by atoms with E-state index in [9.17, 15) is 24.8 Å². The highest BCUT2D eigenvalue weighted by molar-refractivity contribution is 7.99. The molecule has 2 atom stereocenters. The summed E-state index contributed by atoms with van der Waals surface area (Å²) >= 11 is 1.11. The van der Waals surface area contributed by atoms with Crippen LogP contribution in [0.2, 0.25) is 0 Å². The predicted molar refractivity (Wildman–Crippen MR) is 93.9 cm³/mol. The highest BCUT2D eigenvalue weighted by Crippen LogP contribution is 2.49. The van der Waals surface area contributed by atoms with Crippen molar-refractivity contribution in [1.82, 2.24) is 4.90 Å². The van der Waals surface area contributed by atoms with Gasteiger partial charge in [-0.15, -0.1) is 11.8 Å². The number of amides is 1. The van der Waals surface area contributed by atoms with Gasteiger partial charge < -0.3 is 19.3 Å². The van der Waals surface area contributed by atoms with E-state index in [1.54, 1.807) is 20.8 Å². The molecule has 0 spiro atoms. The number of aliphatic carboxylic acids is 1. The molecule has 0 bridgehead atoms. The average molecular weight is 398 g/mol. The predicted octanol–water partition coefficient (Wildman–Crippen LogP) is 2.76. The monoisotopic (exact) mass is 398 g/mol. The molecule has 1 fully saturated rings. The van der Waals surface area contributed by atoms with Crippen molar-refractivity contribution >= 4 is 29.5 Å². The minimum atomic E-state index is -1.21. The standard InChI is InChI=1S/C16H18N2O8S/c1-16(2,3)26-15(21)17-10(14(19)20)6-27-13(17)8-4-11-12(25-7-24-11)5-9(8)18(22)23/h4-5,10,13H,6-7H2,1-3H3,(H,19,20). The lowest BCUT2D eigenvalue weighted by atomic mass is 10.1. The lowest BCUT2D eigenvalue weighted by Gasteiger charge is -2.30. The van der Waals surface area contributed by atoms with Gasteiger partial charge in [0.1, 0.15) is 17.0 Å². The number of hydrogen-bond acceptors (Lipinski definition) is 8. The second kappa shape index (κ2) is 6.80. The van der Waals surface area contributed by atoms with Gasteiger partial charge in [-0.2, -0.15) is 0 Å². The van der Waals surface area contributed by atoms with Gasteiger partial charge in [0.15, 0.2) is 11.5 Å². The largest absolute Gasteiger partial charge is 0.480 e.